The molecule has 0 atom stereocenters. The molecular formula is C22H31F2N5OS. The van der Waals surface area contributed by atoms with Crippen LogP contribution >= 0.6 is 11.5 Å². The van der Waals surface area contributed by atoms with Crippen molar-refractivity contribution >= 4 is 33.5 Å². The molecule has 1 aromatic heterocycles. The van der Waals surface area contributed by atoms with Crippen LogP contribution in [0.2, 0.25) is 0 Å². The fourth-order valence-corrected chi connectivity index (χ4v) is 5.45. The smallest absolute Gasteiger partial charge is 0.321 e. The van der Waals surface area contributed by atoms with E-state index >= 15 is 0 Å². The number of piperazine rings is 1. The van der Waals surface area contributed by atoms with E-state index in [1.54, 1.807) is 11.5 Å². The van der Waals surface area contributed by atoms with Crippen molar-refractivity contribution < 1.29 is 13.6 Å². The number of carbonyl (C=O) groups is 1. The van der Waals surface area contributed by atoms with Crippen molar-refractivity contribution in [3.63, 3.8) is 0 Å². The quantitative estimate of drug-likeness (QED) is 0.640. The number of amides is 2. The van der Waals surface area contributed by atoms with E-state index in [0.717, 1.165) is 64.2 Å². The Balaban J connectivity index is 1.16. The van der Waals surface area contributed by atoms with E-state index in [9.17, 15) is 13.6 Å². The van der Waals surface area contributed by atoms with Crippen LogP contribution < -0.4 is 10.2 Å². The largest absolute Gasteiger partial charge is 0.353 e. The summed E-state index contributed by atoms with van der Waals surface area (Å²) in [5.41, 5.74) is 0. The Bertz CT molecular complexity index is 845. The Morgan fingerprint density at radius 3 is 2.52 bits per heavy atom. The van der Waals surface area contributed by atoms with Gasteiger partial charge in [-0.3, -0.25) is 9.80 Å². The van der Waals surface area contributed by atoms with Gasteiger partial charge in [-0.15, -0.1) is 0 Å². The predicted molar refractivity (Wildman–Crippen MR) is 121 cm³/mol. The second-order valence-corrected chi connectivity index (χ2v) is 9.37. The molecule has 31 heavy (non-hydrogen) atoms. The molecular weight excluding hydrogens is 420 g/mol. The Morgan fingerprint density at radius 1 is 1.10 bits per heavy atom. The highest BCUT2D eigenvalue weighted by atomic mass is 32.1. The maximum absolute atomic E-state index is 12.6. The minimum absolute atomic E-state index is 0.0285. The number of hydrogen-bond donors (Lipinski definition) is 1. The van der Waals surface area contributed by atoms with Crippen molar-refractivity contribution in [3.05, 3.63) is 24.3 Å². The average Bonchev–Trinajstić information content (AvgIpc) is 3.24. The molecule has 6 nitrogen and oxygen atoms in total. The van der Waals surface area contributed by atoms with Crippen LogP contribution in [0.15, 0.2) is 24.3 Å². The molecule has 1 aromatic carbocycles. The zero-order valence-electron chi connectivity index (χ0n) is 17.8. The molecule has 2 fully saturated rings. The van der Waals surface area contributed by atoms with Crippen molar-refractivity contribution in [2.75, 3.05) is 51.2 Å². The van der Waals surface area contributed by atoms with Crippen molar-refractivity contribution in [1.82, 2.24) is 19.5 Å². The van der Waals surface area contributed by atoms with E-state index in [0.29, 0.717) is 10.8 Å². The van der Waals surface area contributed by atoms with Gasteiger partial charge in [0.25, 0.3) is 0 Å². The second-order valence-electron chi connectivity index (χ2n) is 8.57. The standard InChI is InChI=1S/C22H31F2N5OS/c23-15-29(16-24)22(30)25-18-7-5-17(6-8-18)9-10-27-11-13-28(14-12-27)21-19-3-1-2-4-20(19)31-26-21/h1-4,17-18H,5-16H2,(H,25,30)/t17-,18-. The molecule has 1 saturated carbocycles. The minimum atomic E-state index is -1.09. The molecule has 2 heterocycles. The van der Waals surface area contributed by atoms with Crippen LogP contribution in [0.4, 0.5) is 19.4 Å². The van der Waals surface area contributed by atoms with Crippen LogP contribution in [0.3, 0.4) is 0 Å². The van der Waals surface area contributed by atoms with E-state index in [1.807, 2.05) is 0 Å². The molecule has 4 rings (SSSR count). The summed E-state index contributed by atoms with van der Waals surface area (Å²) in [6, 6.07) is 7.82. The van der Waals surface area contributed by atoms with Crippen LogP contribution in [0.5, 0.6) is 0 Å². The summed E-state index contributed by atoms with van der Waals surface area (Å²) in [6.07, 6.45) is 5.05. The van der Waals surface area contributed by atoms with Crippen LogP contribution in [0.25, 0.3) is 10.1 Å². The highest BCUT2D eigenvalue weighted by molar-refractivity contribution is 7.13. The van der Waals surface area contributed by atoms with Gasteiger partial charge in [0.2, 0.25) is 0 Å². The minimum Gasteiger partial charge on any atom is -0.353 e. The third-order valence-electron chi connectivity index (χ3n) is 6.63. The number of rotatable bonds is 7. The van der Waals surface area contributed by atoms with E-state index in [4.69, 9.17) is 0 Å². The summed E-state index contributed by atoms with van der Waals surface area (Å²) < 4.78 is 31.1. The van der Waals surface area contributed by atoms with Crippen LogP contribution in [-0.2, 0) is 0 Å². The molecule has 1 aliphatic heterocycles. The van der Waals surface area contributed by atoms with Crippen LogP contribution in [0, 0.1) is 5.92 Å². The number of benzene rings is 1. The first-order valence-corrected chi connectivity index (χ1v) is 11.9. The Morgan fingerprint density at radius 2 is 1.81 bits per heavy atom. The number of nitrogens with zero attached hydrogens (tertiary/aromatic N) is 4. The van der Waals surface area contributed by atoms with E-state index in [2.05, 4.69) is 43.8 Å². The number of halogens is 2. The summed E-state index contributed by atoms with van der Waals surface area (Å²) in [7, 11) is 0. The third-order valence-corrected chi connectivity index (χ3v) is 7.45. The fraction of sp³-hybridized carbons (Fsp3) is 0.636. The van der Waals surface area contributed by atoms with Gasteiger partial charge in [0, 0.05) is 37.6 Å². The number of hydrogen-bond acceptors (Lipinski definition) is 5. The molecule has 0 bridgehead atoms. The molecule has 1 saturated heterocycles. The number of alkyl halides is 2. The second kappa shape index (κ2) is 10.5. The van der Waals surface area contributed by atoms with Crippen molar-refractivity contribution in [1.29, 1.82) is 0 Å². The number of fused-ring (bicyclic) bond motifs is 1. The Hall–Kier alpha value is -2.00. The maximum Gasteiger partial charge on any atom is 0.321 e. The number of carbonyl (C=O) groups excluding carboxylic acids is 1. The van der Waals surface area contributed by atoms with Gasteiger partial charge < -0.3 is 10.2 Å². The van der Waals surface area contributed by atoms with Crippen LogP contribution in [0.1, 0.15) is 32.1 Å². The summed E-state index contributed by atoms with van der Waals surface area (Å²) in [5.74, 6) is 1.78. The number of aromatic nitrogens is 1. The lowest BCUT2D eigenvalue weighted by molar-refractivity contribution is 0.131. The molecule has 170 valence electrons. The highest BCUT2D eigenvalue weighted by Gasteiger charge is 2.26. The molecule has 0 spiro atoms. The fourth-order valence-electron chi connectivity index (χ4n) is 4.65. The Labute approximate surface area is 186 Å². The zero-order chi connectivity index (χ0) is 21.6. The number of anilines is 1. The molecule has 2 aliphatic rings. The summed E-state index contributed by atoms with van der Waals surface area (Å²) in [6.45, 7) is 3.04. The van der Waals surface area contributed by atoms with Gasteiger partial charge in [0.1, 0.15) is 5.82 Å². The molecule has 2 amide bonds. The van der Waals surface area contributed by atoms with Gasteiger partial charge in [0.05, 0.1) is 4.70 Å². The zero-order valence-corrected chi connectivity index (χ0v) is 18.6. The first-order chi connectivity index (χ1) is 15.2. The summed E-state index contributed by atoms with van der Waals surface area (Å²) in [4.78, 5) is 17.3. The van der Waals surface area contributed by atoms with E-state index in [-0.39, 0.29) is 6.04 Å². The van der Waals surface area contributed by atoms with Gasteiger partial charge >= 0.3 is 6.03 Å². The number of urea groups is 1. The first kappa shape index (κ1) is 22.2. The molecule has 2 aromatic rings. The molecule has 0 unspecified atom stereocenters. The average molecular weight is 452 g/mol. The van der Waals surface area contributed by atoms with Gasteiger partial charge in [-0.05, 0) is 68.2 Å². The SMILES string of the molecule is O=C(N[C@H]1CC[C@H](CCN2CCN(c3nsc4ccccc34)CC2)CC1)N(CF)CF. The van der Waals surface area contributed by atoms with E-state index < -0.39 is 19.6 Å². The van der Waals surface area contributed by atoms with Gasteiger partial charge in [-0.1, -0.05) is 12.1 Å². The lowest BCUT2D eigenvalue weighted by atomic mass is 9.84. The van der Waals surface area contributed by atoms with Gasteiger partial charge in [0.15, 0.2) is 13.6 Å². The normalized spacial score (nSPS) is 22.6. The topological polar surface area (TPSA) is 51.7 Å². The Kier molecular flexibility index (Phi) is 7.55. The van der Waals surface area contributed by atoms with Gasteiger partial charge in [-0.25, -0.2) is 13.6 Å². The van der Waals surface area contributed by atoms with Crippen molar-refractivity contribution in [2.45, 2.75) is 38.1 Å². The lowest BCUT2D eigenvalue weighted by Crippen LogP contribution is -2.47. The molecule has 9 heteroatoms. The highest BCUT2D eigenvalue weighted by Crippen LogP contribution is 2.30. The monoisotopic (exact) mass is 451 g/mol. The lowest BCUT2D eigenvalue weighted by Gasteiger charge is -2.36. The van der Waals surface area contributed by atoms with Gasteiger partial charge in [-0.2, -0.15) is 4.37 Å². The summed E-state index contributed by atoms with van der Waals surface area (Å²) >= 11 is 1.57. The van der Waals surface area contributed by atoms with E-state index in [1.165, 1.54) is 16.5 Å². The molecule has 1 aliphatic carbocycles. The van der Waals surface area contributed by atoms with Crippen molar-refractivity contribution in [3.8, 4) is 0 Å². The number of nitrogens with one attached hydrogen (secondary N) is 1. The maximum atomic E-state index is 12.6. The van der Waals surface area contributed by atoms with Crippen LogP contribution in [-0.4, -0.2) is 72.6 Å². The van der Waals surface area contributed by atoms with Crippen molar-refractivity contribution in [2.24, 2.45) is 5.92 Å². The third kappa shape index (κ3) is 5.44. The summed E-state index contributed by atoms with van der Waals surface area (Å²) in [5, 5.41) is 4.02. The predicted octanol–water partition coefficient (Wildman–Crippen LogP) is 4.23. The molecule has 1 N–H and O–H groups in total. The first-order valence-electron chi connectivity index (χ1n) is 11.2. The molecule has 0 radical (unpaired) electrons.